The molecule has 0 spiro atoms. The Morgan fingerprint density at radius 3 is 2.56 bits per heavy atom. The van der Waals surface area contributed by atoms with Crippen LogP contribution in [0.15, 0.2) is 48.5 Å². The molecule has 5 heteroatoms. The molecule has 0 aromatic heterocycles. The summed E-state index contributed by atoms with van der Waals surface area (Å²) in [5.74, 6) is -0.361. The van der Waals surface area contributed by atoms with Gasteiger partial charge in [0.2, 0.25) is 5.91 Å². The standard InChI is InChI=1S/C20H24N2O3/c1-4-22(16-9-7-8-15(2)14-16)19(23)12-13-21-18-11-6-5-10-17(18)20(24)25-3/h5-11,14,21H,4,12-13H2,1-3H3. The molecular weight excluding hydrogens is 316 g/mol. The van der Waals surface area contributed by atoms with Crippen LogP contribution >= 0.6 is 0 Å². The van der Waals surface area contributed by atoms with E-state index in [-0.39, 0.29) is 5.91 Å². The van der Waals surface area contributed by atoms with Crippen molar-refractivity contribution in [3.05, 3.63) is 59.7 Å². The van der Waals surface area contributed by atoms with E-state index in [1.165, 1.54) is 7.11 Å². The number of amides is 1. The zero-order valence-electron chi connectivity index (χ0n) is 14.9. The van der Waals surface area contributed by atoms with E-state index in [0.29, 0.717) is 30.8 Å². The number of hydrogen-bond acceptors (Lipinski definition) is 4. The van der Waals surface area contributed by atoms with E-state index in [1.54, 1.807) is 23.1 Å². The second-order valence-electron chi connectivity index (χ2n) is 5.69. The predicted octanol–water partition coefficient (Wildman–Crippen LogP) is 3.64. The molecule has 1 amide bonds. The molecule has 0 atom stereocenters. The number of esters is 1. The molecule has 5 nitrogen and oxygen atoms in total. The highest BCUT2D eigenvalue weighted by Crippen LogP contribution is 2.18. The molecule has 0 saturated carbocycles. The van der Waals surface area contributed by atoms with Gasteiger partial charge in [-0.2, -0.15) is 0 Å². The second kappa shape index (κ2) is 8.87. The topological polar surface area (TPSA) is 58.6 Å². The molecular formula is C20H24N2O3. The van der Waals surface area contributed by atoms with Gasteiger partial charge in [0.1, 0.15) is 0 Å². The second-order valence-corrected chi connectivity index (χ2v) is 5.69. The minimum absolute atomic E-state index is 0.0381. The Morgan fingerprint density at radius 2 is 1.88 bits per heavy atom. The maximum Gasteiger partial charge on any atom is 0.339 e. The van der Waals surface area contributed by atoms with Gasteiger partial charge in [0.05, 0.1) is 12.7 Å². The predicted molar refractivity (Wildman–Crippen MR) is 100 cm³/mol. The summed E-state index contributed by atoms with van der Waals surface area (Å²) in [5.41, 5.74) is 3.15. The van der Waals surface area contributed by atoms with Gasteiger partial charge in [0.25, 0.3) is 0 Å². The van der Waals surface area contributed by atoms with Crippen LogP contribution in [-0.2, 0) is 9.53 Å². The number of ether oxygens (including phenoxy) is 1. The summed E-state index contributed by atoms with van der Waals surface area (Å²) >= 11 is 0. The van der Waals surface area contributed by atoms with Crippen LogP contribution in [0.5, 0.6) is 0 Å². The van der Waals surface area contributed by atoms with E-state index in [2.05, 4.69) is 5.32 Å². The molecule has 2 aromatic carbocycles. The minimum Gasteiger partial charge on any atom is -0.465 e. The van der Waals surface area contributed by atoms with Gasteiger partial charge in [-0.3, -0.25) is 4.79 Å². The molecule has 0 radical (unpaired) electrons. The fourth-order valence-corrected chi connectivity index (χ4v) is 2.66. The molecule has 0 bridgehead atoms. The van der Waals surface area contributed by atoms with Crippen LogP contribution in [0.1, 0.15) is 29.3 Å². The number of rotatable bonds is 7. The lowest BCUT2D eigenvalue weighted by Gasteiger charge is -2.22. The number of carbonyl (C=O) groups excluding carboxylic acids is 2. The Kier molecular flexibility index (Phi) is 6.57. The van der Waals surface area contributed by atoms with Gasteiger partial charge in [-0.05, 0) is 43.7 Å². The fraction of sp³-hybridized carbons (Fsp3) is 0.300. The van der Waals surface area contributed by atoms with Gasteiger partial charge in [0, 0.05) is 30.9 Å². The van der Waals surface area contributed by atoms with E-state index in [0.717, 1.165) is 11.3 Å². The van der Waals surface area contributed by atoms with Crippen molar-refractivity contribution < 1.29 is 14.3 Å². The molecule has 25 heavy (non-hydrogen) atoms. The number of nitrogens with one attached hydrogen (secondary N) is 1. The average Bonchev–Trinajstić information content (AvgIpc) is 2.62. The molecule has 0 fully saturated rings. The zero-order valence-corrected chi connectivity index (χ0v) is 14.9. The lowest BCUT2D eigenvalue weighted by molar-refractivity contribution is -0.118. The zero-order chi connectivity index (χ0) is 18.2. The van der Waals surface area contributed by atoms with Crippen LogP contribution < -0.4 is 10.2 Å². The number of para-hydroxylation sites is 1. The summed E-state index contributed by atoms with van der Waals surface area (Å²) in [6.07, 6.45) is 0.331. The number of nitrogens with zero attached hydrogens (tertiary/aromatic N) is 1. The molecule has 2 aromatic rings. The van der Waals surface area contributed by atoms with Gasteiger partial charge in [-0.15, -0.1) is 0 Å². The monoisotopic (exact) mass is 340 g/mol. The Morgan fingerprint density at radius 1 is 1.12 bits per heavy atom. The van der Waals surface area contributed by atoms with E-state index < -0.39 is 5.97 Å². The van der Waals surface area contributed by atoms with Crippen LogP contribution in [0.4, 0.5) is 11.4 Å². The maximum absolute atomic E-state index is 12.5. The summed E-state index contributed by atoms with van der Waals surface area (Å²) in [6, 6.07) is 15.0. The lowest BCUT2D eigenvalue weighted by atomic mass is 10.1. The van der Waals surface area contributed by atoms with Gasteiger partial charge < -0.3 is 15.0 Å². The van der Waals surface area contributed by atoms with E-state index in [9.17, 15) is 9.59 Å². The minimum atomic E-state index is -0.399. The molecule has 0 saturated heterocycles. The van der Waals surface area contributed by atoms with Crippen molar-refractivity contribution in [2.75, 3.05) is 30.4 Å². The highest BCUT2D eigenvalue weighted by molar-refractivity contribution is 5.96. The molecule has 0 aliphatic carbocycles. The van der Waals surface area contributed by atoms with Crippen LogP contribution in [0.2, 0.25) is 0 Å². The highest BCUT2D eigenvalue weighted by atomic mass is 16.5. The third-order valence-electron chi connectivity index (χ3n) is 3.92. The summed E-state index contributed by atoms with van der Waals surface area (Å²) in [5, 5.41) is 3.15. The molecule has 1 N–H and O–H groups in total. The number of anilines is 2. The van der Waals surface area contributed by atoms with E-state index >= 15 is 0 Å². The maximum atomic E-state index is 12.5. The van der Waals surface area contributed by atoms with Crippen molar-refractivity contribution in [1.29, 1.82) is 0 Å². The Hall–Kier alpha value is -2.82. The van der Waals surface area contributed by atoms with Crippen molar-refractivity contribution in [3.8, 4) is 0 Å². The van der Waals surface area contributed by atoms with Gasteiger partial charge in [-0.25, -0.2) is 4.79 Å². The number of methoxy groups -OCH3 is 1. The van der Waals surface area contributed by atoms with E-state index in [1.807, 2.05) is 44.2 Å². The number of benzene rings is 2. The highest BCUT2D eigenvalue weighted by Gasteiger charge is 2.15. The first-order valence-electron chi connectivity index (χ1n) is 8.35. The summed E-state index contributed by atoms with van der Waals surface area (Å²) in [4.78, 5) is 26.1. The average molecular weight is 340 g/mol. The van der Waals surface area contributed by atoms with Gasteiger partial charge >= 0.3 is 5.97 Å². The van der Waals surface area contributed by atoms with Crippen molar-refractivity contribution >= 4 is 23.3 Å². The number of carbonyl (C=O) groups is 2. The quantitative estimate of drug-likeness (QED) is 0.782. The number of hydrogen-bond donors (Lipinski definition) is 1. The van der Waals surface area contributed by atoms with Crippen LogP contribution in [0, 0.1) is 6.92 Å². The van der Waals surface area contributed by atoms with Crippen LogP contribution in [-0.4, -0.2) is 32.1 Å². The normalized spacial score (nSPS) is 10.2. The largest absolute Gasteiger partial charge is 0.465 e. The Balaban J connectivity index is 1.99. The lowest BCUT2D eigenvalue weighted by Crippen LogP contribution is -2.32. The fourth-order valence-electron chi connectivity index (χ4n) is 2.66. The summed E-state index contributed by atoms with van der Waals surface area (Å²) in [6.45, 7) is 5.02. The summed E-state index contributed by atoms with van der Waals surface area (Å²) < 4.78 is 4.77. The first-order valence-corrected chi connectivity index (χ1v) is 8.35. The molecule has 132 valence electrons. The third kappa shape index (κ3) is 4.83. The Bertz CT molecular complexity index is 743. The van der Waals surface area contributed by atoms with Crippen molar-refractivity contribution in [1.82, 2.24) is 0 Å². The molecule has 0 unspecified atom stereocenters. The smallest absolute Gasteiger partial charge is 0.339 e. The third-order valence-corrected chi connectivity index (χ3v) is 3.92. The number of aryl methyl sites for hydroxylation is 1. The molecule has 2 rings (SSSR count). The Labute approximate surface area is 148 Å². The first-order chi connectivity index (χ1) is 12.1. The molecule has 0 heterocycles. The molecule has 0 aliphatic heterocycles. The van der Waals surface area contributed by atoms with Crippen molar-refractivity contribution in [3.63, 3.8) is 0 Å². The van der Waals surface area contributed by atoms with Crippen molar-refractivity contribution in [2.24, 2.45) is 0 Å². The van der Waals surface area contributed by atoms with Crippen LogP contribution in [0.25, 0.3) is 0 Å². The molecule has 0 aliphatic rings. The SMILES string of the molecule is CCN(C(=O)CCNc1ccccc1C(=O)OC)c1cccc(C)c1. The van der Waals surface area contributed by atoms with Gasteiger partial charge in [-0.1, -0.05) is 24.3 Å². The van der Waals surface area contributed by atoms with E-state index in [4.69, 9.17) is 4.74 Å². The summed E-state index contributed by atoms with van der Waals surface area (Å²) in [7, 11) is 1.35. The van der Waals surface area contributed by atoms with Crippen molar-refractivity contribution in [2.45, 2.75) is 20.3 Å². The van der Waals surface area contributed by atoms with Crippen LogP contribution in [0.3, 0.4) is 0 Å². The van der Waals surface area contributed by atoms with Gasteiger partial charge in [0.15, 0.2) is 0 Å². The first kappa shape index (κ1) is 18.5.